The molecule has 0 aliphatic heterocycles. The largest absolute Gasteiger partial charge is 0.476 e. The first kappa shape index (κ1) is 24.4. The first-order valence-electron chi connectivity index (χ1n) is 9.60. The Hall–Kier alpha value is -3.71. The second-order valence-corrected chi connectivity index (χ2v) is 9.26. The van der Waals surface area contributed by atoms with E-state index >= 15 is 0 Å². The number of hydrogen-bond donors (Lipinski definition) is 2. The molecule has 0 aliphatic carbocycles. The number of aryl methyl sites for hydroxylation is 1. The number of carbonyl (C=O) groups is 2. The normalized spacial score (nSPS) is 11.5. The van der Waals surface area contributed by atoms with Crippen LogP contribution in [0.4, 0.5) is 27.1 Å². The van der Waals surface area contributed by atoms with E-state index < -0.39 is 40.8 Å². The van der Waals surface area contributed by atoms with Crippen LogP contribution in [0, 0.1) is 18.6 Å². The minimum atomic E-state index is -4.63. The van der Waals surface area contributed by atoms with Gasteiger partial charge in [0.1, 0.15) is 28.6 Å². The zero-order valence-corrected chi connectivity index (χ0v) is 19.0. The van der Waals surface area contributed by atoms with Crippen molar-refractivity contribution in [3.8, 4) is 21.8 Å². The predicted molar refractivity (Wildman–Crippen MR) is 120 cm³/mol. The van der Waals surface area contributed by atoms with Crippen molar-refractivity contribution in [2.75, 3.05) is 5.32 Å². The number of thiazole rings is 2. The average Bonchev–Trinajstić information content (AvgIpc) is 3.36. The number of amides is 1. The van der Waals surface area contributed by atoms with Gasteiger partial charge in [-0.15, -0.1) is 11.3 Å². The molecule has 0 spiro atoms. The Morgan fingerprint density at radius 1 is 0.971 bits per heavy atom. The van der Waals surface area contributed by atoms with E-state index in [2.05, 4.69) is 15.3 Å². The van der Waals surface area contributed by atoms with E-state index in [0.29, 0.717) is 4.88 Å². The van der Waals surface area contributed by atoms with Gasteiger partial charge in [-0.05, 0) is 36.8 Å². The van der Waals surface area contributed by atoms with Crippen molar-refractivity contribution in [1.29, 1.82) is 0 Å². The van der Waals surface area contributed by atoms with Crippen LogP contribution in [0.25, 0.3) is 21.8 Å². The molecule has 6 nitrogen and oxygen atoms in total. The first-order chi connectivity index (χ1) is 16.5. The molecule has 2 aromatic heterocycles. The molecular formula is C22H12F5N3O3S2. The van der Waals surface area contributed by atoms with E-state index in [1.54, 1.807) is 6.92 Å². The van der Waals surface area contributed by atoms with E-state index in [0.717, 1.165) is 53.0 Å². The number of carboxylic acid groups (broad SMARTS) is 1. The summed E-state index contributed by atoms with van der Waals surface area (Å²) in [5, 5.41) is 11.1. The van der Waals surface area contributed by atoms with Crippen LogP contribution in [0.2, 0.25) is 0 Å². The minimum Gasteiger partial charge on any atom is -0.476 e. The Morgan fingerprint density at radius 2 is 1.63 bits per heavy atom. The lowest BCUT2D eigenvalue weighted by Crippen LogP contribution is -2.15. The van der Waals surface area contributed by atoms with Crippen LogP contribution < -0.4 is 5.32 Å². The van der Waals surface area contributed by atoms with Gasteiger partial charge in [-0.25, -0.2) is 23.5 Å². The summed E-state index contributed by atoms with van der Waals surface area (Å²) in [6, 6.07) is 7.19. The fourth-order valence-electron chi connectivity index (χ4n) is 3.15. The Balaban J connectivity index is 1.84. The van der Waals surface area contributed by atoms with Crippen molar-refractivity contribution in [2.45, 2.75) is 13.1 Å². The second kappa shape index (κ2) is 9.15. The summed E-state index contributed by atoms with van der Waals surface area (Å²) in [4.78, 5) is 32.7. The topological polar surface area (TPSA) is 92.2 Å². The quantitative estimate of drug-likeness (QED) is 0.291. The number of alkyl halides is 3. The van der Waals surface area contributed by atoms with Crippen molar-refractivity contribution in [1.82, 2.24) is 9.97 Å². The number of halogens is 5. The van der Waals surface area contributed by atoms with Gasteiger partial charge in [-0.3, -0.25) is 10.1 Å². The molecule has 0 fully saturated rings. The molecule has 0 saturated carbocycles. The molecule has 180 valence electrons. The predicted octanol–water partition coefficient (Wildman–Crippen LogP) is 6.49. The zero-order valence-electron chi connectivity index (χ0n) is 17.4. The Morgan fingerprint density at radius 3 is 2.23 bits per heavy atom. The smallest absolute Gasteiger partial charge is 0.416 e. The van der Waals surface area contributed by atoms with E-state index in [-0.39, 0.29) is 32.0 Å². The van der Waals surface area contributed by atoms with E-state index in [9.17, 15) is 36.6 Å². The third-order valence-electron chi connectivity index (χ3n) is 4.69. The highest BCUT2D eigenvalue weighted by molar-refractivity contribution is 7.19. The van der Waals surface area contributed by atoms with Crippen LogP contribution in [0.15, 0.2) is 42.5 Å². The van der Waals surface area contributed by atoms with Gasteiger partial charge in [-0.2, -0.15) is 13.2 Å². The van der Waals surface area contributed by atoms with E-state index in [1.165, 1.54) is 12.1 Å². The maximum atomic E-state index is 14.0. The summed E-state index contributed by atoms with van der Waals surface area (Å²) in [7, 11) is 0. The van der Waals surface area contributed by atoms with Gasteiger partial charge < -0.3 is 5.11 Å². The number of carbonyl (C=O) groups excluding carboxylic acids is 1. The summed E-state index contributed by atoms with van der Waals surface area (Å²) in [6.07, 6.45) is -4.63. The van der Waals surface area contributed by atoms with Crippen LogP contribution in [-0.2, 0) is 6.18 Å². The number of anilines is 1. The van der Waals surface area contributed by atoms with Crippen molar-refractivity contribution >= 4 is 39.7 Å². The standard InChI is InChI=1S/C22H12F5N3O3S2/c1-9-15(28-19(34-9)20(32)33)16-17(10-4-2-5-11(8-10)22(25,26)27)35-21(29-16)30-18(31)14-12(23)6-3-7-13(14)24/h2-8H,1H3,(H,32,33)(H,29,30,31). The lowest BCUT2D eigenvalue weighted by Gasteiger charge is -2.08. The maximum Gasteiger partial charge on any atom is 0.416 e. The first-order valence-corrected chi connectivity index (χ1v) is 11.2. The maximum absolute atomic E-state index is 14.0. The number of aromatic nitrogens is 2. The molecule has 2 heterocycles. The lowest BCUT2D eigenvalue weighted by atomic mass is 10.1. The lowest BCUT2D eigenvalue weighted by molar-refractivity contribution is -0.137. The van der Waals surface area contributed by atoms with Crippen LogP contribution in [-0.4, -0.2) is 27.0 Å². The molecule has 4 aromatic rings. The zero-order chi connectivity index (χ0) is 25.5. The monoisotopic (exact) mass is 525 g/mol. The Labute approximate surface area is 201 Å². The Bertz CT molecular complexity index is 1440. The van der Waals surface area contributed by atoms with E-state index in [4.69, 9.17) is 0 Å². The van der Waals surface area contributed by atoms with E-state index in [1.807, 2.05) is 0 Å². The number of nitrogens with one attached hydrogen (secondary N) is 1. The molecule has 13 heteroatoms. The van der Waals surface area contributed by atoms with Gasteiger partial charge in [0.05, 0.1) is 10.4 Å². The SMILES string of the molecule is Cc1sc(C(=O)O)nc1-c1nc(NC(=O)c2c(F)cccc2F)sc1-c1cccc(C(F)(F)F)c1. The molecule has 0 aliphatic rings. The molecular weight excluding hydrogens is 513 g/mol. The minimum absolute atomic E-state index is 0.0138. The third kappa shape index (κ3) is 4.91. The number of benzene rings is 2. The van der Waals surface area contributed by atoms with Crippen molar-refractivity contribution in [3.05, 3.63) is 75.1 Å². The highest BCUT2D eigenvalue weighted by Crippen LogP contribution is 2.42. The van der Waals surface area contributed by atoms with Crippen LogP contribution in [0.1, 0.15) is 30.6 Å². The van der Waals surface area contributed by atoms with Crippen molar-refractivity contribution < 1.29 is 36.6 Å². The number of rotatable bonds is 5. The molecule has 0 saturated heterocycles. The summed E-state index contributed by atoms with van der Waals surface area (Å²) in [5.41, 5.74) is -1.61. The fourth-order valence-corrected chi connectivity index (χ4v) is 4.86. The average molecular weight is 525 g/mol. The molecule has 0 atom stereocenters. The number of aromatic carboxylic acids is 1. The van der Waals surface area contributed by atoms with Crippen LogP contribution >= 0.6 is 22.7 Å². The number of carboxylic acids is 1. The van der Waals surface area contributed by atoms with Crippen molar-refractivity contribution in [2.24, 2.45) is 0 Å². The molecule has 2 aromatic carbocycles. The molecule has 1 amide bonds. The molecule has 4 rings (SSSR count). The van der Waals surface area contributed by atoms with Crippen molar-refractivity contribution in [3.63, 3.8) is 0 Å². The molecule has 0 radical (unpaired) electrons. The van der Waals surface area contributed by atoms with Gasteiger partial charge in [0.2, 0.25) is 5.01 Å². The van der Waals surface area contributed by atoms with Gasteiger partial charge in [0, 0.05) is 4.88 Å². The third-order valence-corrected chi connectivity index (χ3v) is 6.67. The van der Waals surface area contributed by atoms with Gasteiger partial charge >= 0.3 is 12.1 Å². The highest BCUT2D eigenvalue weighted by atomic mass is 32.1. The second-order valence-electron chi connectivity index (χ2n) is 7.06. The van der Waals surface area contributed by atoms with Crippen LogP contribution in [0.3, 0.4) is 0 Å². The molecule has 35 heavy (non-hydrogen) atoms. The molecule has 0 bridgehead atoms. The Kier molecular flexibility index (Phi) is 6.38. The summed E-state index contributed by atoms with van der Waals surface area (Å²) < 4.78 is 67.9. The van der Waals surface area contributed by atoms with Gasteiger partial charge in [0.15, 0.2) is 5.13 Å². The summed E-state index contributed by atoms with van der Waals surface area (Å²) in [6.45, 7) is 1.56. The summed E-state index contributed by atoms with van der Waals surface area (Å²) in [5.74, 6) is -4.68. The summed E-state index contributed by atoms with van der Waals surface area (Å²) >= 11 is 1.59. The number of nitrogens with zero attached hydrogens (tertiary/aromatic N) is 2. The van der Waals surface area contributed by atoms with Crippen LogP contribution in [0.5, 0.6) is 0 Å². The highest BCUT2D eigenvalue weighted by Gasteiger charge is 2.31. The fraction of sp³-hybridized carbons (Fsp3) is 0.0909. The molecule has 0 unspecified atom stereocenters. The van der Waals surface area contributed by atoms with Gasteiger partial charge in [0.25, 0.3) is 5.91 Å². The molecule has 2 N–H and O–H groups in total. The number of hydrogen-bond acceptors (Lipinski definition) is 6. The van der Waals surface area contributed by atoms with Gasteiger partial charge in [-0.1, -0.05) is 29.5 Å².